The third-order valence-corrected chi connectivity index (χ3v) is 2.95. The van der Waals surface area contributed by atoms with E-state index in [0.717, 1.165) is 5.56 Å². The van der Waals surface area contributed by atoms with E-state index in [1.807, 2.05) is 13.8 Å². The first kappa shape index (κ1) is 13.3. The lowest BCUT2D eigenvalue weighted by molar-refractivity contribution is 0.403. The first-order chi connectivity index (χ1) is 9.11. The molecule has 0 bridgehead atoms. The lowest BCUT2D eigenvalue weighted by atomic mass is 10.1. The normalized spacial score (nSPS) is 14.1. The molecule has 0 amide bonds. The summed E-state index contributed by atoms with van der Waals surface area (Å²) in [6.07, 6.45) is 0. The van der Waals surface area contributed by atoms with Gasteiger partial charge in [-0.2, -0.15) is 5.21 Å². The largest absolute Gasteiger partial charge is 0.508 e. The molecular weight excluding hydrogens is 246 g/mol. The van der Waals surface area contributed by atoms with E-state index in [0.29, 0.717) is 11.6 Å². The number of benzene rings is 1. The number of H-pyrrole nitrogens is 1. The average Bonchev–Trinajstić information content (AvgIpc) is 2.93. The van der Waals surface area contributed by atoms with Gasteiger partial charge in [-0.25, -0.2) is 0 Å². The van der Waals surface area contributed by atoms with Gasteiger partial charge in [0.15, 0.2) is 5.82 Å². The molecule has 0 aliphatic heterocycles. The number of rotatable bonds is 5. The van der Waals surface area contributed by atoms with Crippen molar-refractivity contribution in [3.63, 3.8) is 0 Å². The van der Waals surface area contributed by atoms with Crippen LogP contribution in [-0.2, 0) is 0 Å². The lowest BCUT2D eigenvalue weighted by Crippen LogP contribution is -2.23. The van der Waals surface area contributed by atoms with Gasteiger partial charge in [0, 0.05) is 11.6 Å². The quantitative estimate of drug-likeness (QED) is 0.753. The van der Waals surface area contributed by atoms with Crippen LogP contribution in [0.1, 0.15) is 37.3 Å². The van der Waals surface area contributed by atoms with Crippen molar-refractivity contribution in [3.05, 3.63) is 29.6 Å². The summed E-state index contributed by atoms with van der Waals surface area (Å²) in [7, 11) is 1.59. The zero-order valence-corrected chi connectivity index (χ0v) is 11.1. The number of nitrogens with one attached hydrogen (secondary N) is 2. The van der Waals surface area contributed by atoms with E-state index in [4.69, 9.17) is 4.74 Å². The number of aromatic nitrogens is 4. The van der Waals surface area contributed by atoms with E-state index in [1.54, 1.807) is 25.3 Å². The first-order valence-electron chi connectivity index (χ1n) is 5.98. The van der Waals surface area contributed by atoms with Crippen LogP contribution in [0.3, 0.4) is 0 Å². The number of hydrogen-bond donors (Lipinski definition) is 3. The lowest BCUT2D eigenvalue weighted by Gasteiger charge is -2.19. The number of methoxy groups -OCH3 is 1. The summed E-state index contributed by atoms with van der Waals surface area (Å²) in [5.41, 5.74) is 0.759. The maximum absolute atomic E-state index is 9.90. The van der Waals surface area contributed by atoms with E-state index in [9.17, 15) is 5.11 Å². The van der Waals surface area contributed by atoms with Crippen LogP contribution in [0.2, 0.25) is 0 Å². The molecule has 102 valence electrons. The maximum Gasteiger partial charge on any atom is 0.191 e. The maximum atomic E-state index is 9.90. The van der Waals surface area contributed by atoms with Crippen LogP contribution in [0.4, 0.5) is 0 Å². The number of ether oxygens (including phenoxy) is 1. The van der Waals surface area contributed by atoms with Crippen LogP contribution in [0.25, 0.3) is 0 Å². The molecule has 19 heavy (non-hydrogen) atoms. The molecule has 2 aromatic rings. The van der Waals surface area contributed by atoms with E-state index in [2.05, 4.69) is 25.9 Å². The molecule has 0 spiro atoms. The second kappa shape index (κ2) is 5.66. The predicted molar refractivity (Wildman–Crippen MR) is 68.8 cm³/mol. The van der Waals surface area contributed by atoms with Crippen molar-refractivity contribution in [1.29, 1.82) is 0 Å². The zero-order valence-electron chi connectivity index (χ0n) is 11.1. The Kier molecular flexibility index (Phi) is 3.96. The van der Waals surface area contributed by atoms with Crippen LogP contribution < -0.4 is 10.1 Å². The first-order valence-corrected chi connectivity index (χ1v) is 5.98. The Balaban J connectivity index is 2.13. The van der Waals surface area contributed by atoms with E-state index >= 15 is 0 Å². The van der Waals surface area contributed by atoms with Gasteiger partial charge in [0.25, 0.3) is 0 Å². The number of phenols is 1. The van der Waals surface area contributed by atoms with E-state index in [1.165, 1.54) is 0 Å². The standard InChI is InChI=1S/C12H17N5O2/c1-7(13-8(2)12-14-16-17-15-12)10-6-9(19-3)4-5-11(10)18/h4-8,13,18H,1-3H3,(H,14,15,16,17). The summed E-state index contributed by atoms with van der Waals surface area (Å²) in [4.78, 5) is 0. The highest BCUT2D eigenvalue weighted by atomic mass is 16.5. The monoisotopic (exact) mass is 263 g/mol. The average molecular weight is 263 g/mol. The number of aromatic hydroxyl groups is 1. The van der Waals surface area contributed by atoms with Gasteiger partial charge in [-0.05, 0) is 32.0 Å². The minimum Gasteiger partial charge on any atom is -0.508 e. The minimum absolute atomic E-state index is 0.0800. The van der Waals surface area contributed by atoms with Crippen molar-refractivity contribution in [2.45, 2.75) is 25.9 Å². The molecule has 2 unspecified atom stereocenters. The molecule has 0 radical (unpaired) electrons. The van der Waals surface area contributed by atoms with Crippen molar-refractivity contribution in [2.75, 3.05) is 7.11 Å². The fourth-order valence-electron chi connectivity index (χ4n) is 1.90. The summed E-state index contributed by atoms with van der Waals surface area (Å²) < 4.78 is 5.16. The molecule has 0 saturated carbocycles. The predicted octanol–water partition coefficient (Wildman–Crippen LogP) is 1.33. The molecule has 7 heteroatoms. The van der Waals surface area contributed by atoms with Crippen LogP contribution in [0, 0.1) is 0 Å². The van der Waals surface area contributed by atoms with Crippen LogP contribution in [0.15, 0.2) is 18.2 Å². The molecule has 2 rings (SSSR count). The fourth-order valence-corrected chi connectivity index (χ4v) is 1.90. The number of nitrogens with zero attached hydrogens (tertiary/aromatic N) is 3. The Morgan fingerprint density at radius 2 is 2.11 bits per heavy atom. The van der Waals surface area contributed by atoms with Gasteiger partial charge >= 0.3 is 0 Å². The van der Waals surface area contributed by atoms with E-state index in [-0.39, 0.29) is 17.8 Å². The molecule has 3 N–H and O–H groups in total. The van der Waals surface area contributed by atoms with Crippen molar-refractivity contribution < 1.29 is 9.84 Å². The Hall–Kier alpha value is -2.15. The molecule has 1 aromatic carbocycles. The molecule has 0 fully saturated rings. The van der Waals surface area contributed by atoms with Gasteiger partial charge in [0.2, 0.25) is 0 Å². The summed E-state index contributed by atoms with van der Waals surface area (Å²) in [5.74, 6) is 1.50. The Bertz CT molecular complexity index is 529. The van der Waals surface area contributed by atoms with Gasteiger partial charge in [-0.3, -0.25) is 0 Å². The third kappa shape index (κ3) is 3.00. The molecule has 1 aromatic heterocycles. The van der Waals surface area contributed by atoms with Crippen LogP contribution >= 0.6 is 0 Å². The number of aromatic amines is 1. The molecular formula is C12H17N5O2. The molecule has 1 heterocycles. The van der Waals surface area contributed by atoms with Crippen molar-refractivity contribution in [2.24, 2.45) is 0 Å². The Labute approximate surface area is 111 Å². The highest BCUT2D eigenvalue weighted by Gasteiger charge is 2.17. The topological polar surface area (TPSA) is 96.0 Å². The minimum atomic E-state index is -0.0839. The zero-order chi connectivity index (χ0) is 13.8. The third-order valence-electron chi connectivity index (χ3n) is 2.95. The molecule has 0 aliphatic rings. The smallest absolute Gasteiger partial charge is 0.191 e. The Morgan fingerprint density at radius 1 is 1.32 bits per heavy atom. The van der Waals surface area contributed by atoms with Crippen LogP contribution in [-0.4, -0.2) is 32.8 Å². The van der Waals surface area contributed by atoms with Crippen molar-refractivity contribution in [1.82, 2.24) is 25.9 Å². The van der Waals surface area contributed by atoms with Gasteiger partial charge in [0.1, 0.15) is 11.5 Å². The SMILES string of the molecule is COc1ccc(O)c(C(C)NC(C)c2nn[nH]n2)c1. The highest BCUT2D eigenvalue weighted by molar-refractivity contribution is 5.41. The molecule has 0 saturated heterocycles. The van der Waals surface area contributed by atoms with Crippen molar-refractivity contribution >= 4 is 0 Å². The second-order valence-electron chi connectivity index (χ2n) is 4.30. The second-order valence-corrected chi connectivity index (χ2v) is 4.30. The summed E-state index contributed by atoms with van der Waals surface area (Å²) in [6, 6.07) is 4.97. The summed E-state index contributed by atoms with van der Waals surface area (Å²) >= 11 is 0. The van der Waals surface area contributed by atoms with Gasteiger partial charge in [0.05, 0.1) is 13.2 Å². The van der Waals surface area contributed by atoms with Crippen molar-refractivity contribution in [3.8, 4) is 11.5 Å². The molecule has 7 nitrogen and oxygen atoms in total. The Morgan fingerprint density at radius 3 is 2.74 bits per heavy atom. The number of hydrogen-bond acceptors (Lipinski definition) is 6. The van der Waals surface area contributed by atoms with Gasteiger partial charge in [-0.1, -0.05) is 5.21 Å². The van der Waals surface area contributed by atoms with E-state index < -0.39 is 0 Å². The number of tetrazole rings is 1. The molecule has 2 atom stereocenters. The van der Waals surface area contributed by atoms with Gasteiger partial charge < -0.3 is 15.2 Å². The van der Waals surface area contributed by atoms with Crippen LogP contribution in [0.5, 0.6) is 11.5 Å². The number of phenolic OH excluding ortho intramolecular Hbond substituents is 1. The summed E-state index contributed by atoms with van der Waals surface area (Å²) in [5, 5.41) is 27.0. The molecule has 0 aliphatic carbocycles. The van der Waals surface area contributed by atoms with Gasteiger partial charge in [-0.15, -0.1) is 10.2 Å². The highest BCUT2D eigenvalue weighted by Crippen LogP contribution is 2.29. The summed E-state index contributed by atoms with van der Waals surface area (Å²) in [6.45, 7) is 3.88. The fraction of sp³-hybridized carbons (Fsp3) is 0.417.